The third-order valence-corrected chi connectivity index (χ3v) is 5.65. The first-order chi connectivity index (χ1) is 8.49. The lowest BCUT2D eigenvalue weighted by atomic mass is 9.85. The highest BCUT2D eigenvalue weighted by molar-refractivity contribution is 5.32. The van der Waals surface area contributed by atoms with Gasteiger partial charge in [-0.3, -0.25) is 0 Å². The van der Waals surface area contributed by atoms with Gasteiger partial charge in [-0.05, 0) is 33.3 Å². The Morgan fingerprint density at radius 2 is 1.37 bits per heavy atom. The molecule has 1 aliphatic rings. The molecule has 0 aliphatic heterocycles. The Morgan fingerprint density at radius 3 is 1.68 bits per heavy atom. The molecule has 0 amide bonds. The SMILES string of the molecule is CC(C)(C)c1ccc(C(N)C2C(C)(C)C2(C)C)cc1. The van der Waals surface area contributed by atoms with Crippen LogP contribution in [0.3, 0.4) is 0 Å². The second-order valence-electron chi connectivity index (χ2n) is 8.32. The molecule has 1 aromatic carbocycles. The van der Waals surface area contributed by atoms with Crippen molar-refractivity contribution in [2.45, 2.75) is 59.9 Å². The minimum absolute atomic E-state index is 0.152. The van der Waals surface area contributed by atoms with E-state index in [1.807, 2.05) is 0 Å². The van der Waals surface area contributed by atoms with Crippen LogP contribution in [0.2, 0.25) is 0 Å². The number of nitrogens with two attached hydrogens (primary N) is 1. The standard InChI is InChI=1S/C18H29N/c1-16(2,3)13-10-8-12(9-11-13)14(19)15-17(4,5)18(15,6)7/h8-11,14-15H,19H2,1-7H3. The van der Waals surface area contributed by atoms with Gasteiger partial charge in [0.15, 0.2) is 0 Å². The van der Waals surface area contributed by atoms with E-state index in [-0.39, 0.29) is 11.5 Å². The van der Waals surface area contributed by atoms with Crippen LogP contribution in [0.15, 0.2) is 24.3 Å². The van der Waals surface area contributed by atoms with Crippen LogP contribution >= 0.6 is 0 Å². The van der Waals surface area contributed by atoms with E-state index in [4.69, 9.17) is 5.73 Å². The van der Waals surface area contributed by atoms with Gasteiger partial charge in [-0.1, -0.05) is 72.7 Å². The number of hydrogen-bond donors (Lipinski definition) is 1. The van der Waals surface area contributed by atoms with E-state index in [0.717, 1.165) is 0 Å². The lowest BCUT2D eigenvalue weighted by Gasteiger charge is -2.21. The molecule has 0 bridgehead atoms. The van der Waals surface area contributed by atoms with E-state index in [0.29, 0.717) is 16.7 Å². The zero-order chi connectivity index (χ0) is 14.6. The molecular weight excluding hydrogens is 230 g/mol. The monoisotopic (exact) mass is 259 g/mol. The summed E-state index contributed by atoms with van der Waals surface area (Å²) in [4.78, 5) is 0. The average Bonchev–Trinajstić information content (AvgIpc) is 2.67. The maximum Gasteiger partial charge on any atom is 0.0334 e. The molecule has 1 fully saturated rings. The number of hydrogen-bond acceptors (Lipinski definition) is 1. The molecule has 0 aromatic heterocycles. The van der Waals surface area contributed by atoms with Gasteiger partial charge >= 0.3 is 0 Å². The summed E-state index contributed by atoms with van der Waals surface area (Å²) < 4.78 is 0. The summed E-state index contributed by atoms with van der Waals surface area (Å²) in [6.07, 6.45) is 0. The Kier molecular flexibility index (Phi) is 3.14. The van der Waals surface area contributed by atoms with Gasteiger partial charge in [0.2, 0.25) is 0 Å². The molecule has 1 atom stereocenters. The minimum atomic E-state index is 0.152. The van der Waals surface area contributed by atoms with Crippen molar-refractivity contribution < 1.29 is 0 Å². The highest BCUT2D eigenvalue weighted by atomic mass is 14.8. The topological polar surface area (TPSA) is 26.0 Å². The third-order valence-electron chi connectivity index (χ3n) is 5.65. The summed E-state index contributed by atoms with van der Waals surface area (Å²) in [5.74, 6) is 0.570. The normalized spacial score (nSPS) is 23.2. The quantitative estimate of drug-likeness (QED) is 0.821. The van der Waals surface area contributed by atoms with Crippen LogP contribution in [0.4, 0.5) is 0 Å². The molecule has 0 spiro atoms. The summed E-state index contributed by atoms with van der Waals surface area (Å²) >= 11 is 0. The third kappa shape index (κ3) is 2.23. The Labute approximate surface area is 118 Å². The second kappa shape index (κ2) is 4.09. The van der Waals surface area contributed by atoms with E-state index in [1.165, 1.54) is 11.1 Å². The fourth-order valence-electron chi connectivity index (χ4n) is 3.54. The zero-order valence-electron chi connectivity index (χ0n) is 13.5. The van der Waals surface area contributed by atoms with Gasteiger partial charge in [-0.2, -0.15) is 0 Å². The Balaban J connectivity index is 2.21. The molecule has 0 radical (unpaired) electrons. The molecule has 0 heterocycles. The van der Waals surface area contributed by atoms with Gasteiger partial charge in [0.1, 0.15) is 0 Å². The second-order valence-corrected chi connectivity index (χ2v) is 8.32. The maximum absolute atomic E-state index is 6.51. The van der Waals surface area contributed by atoms with Gasteiger partial charge in [0.05, 0.1) is 0 Å². The van der Waals surface area contributed by atoms with Crippen molar-refractivity contribution in [2.24, 2.45) is 22.5 Å². The highest BCUT2D eigenvalue weighted by Crippen LogP contribution is 2.71. The van der Waals surface area contributed by atoms with E-state index >= 15 is 0 Å². The van der Waals surface area contributed by atoms with Gasteiger partial charge in [0, 0.05) is 6.04 Å². The predicted molar refractivity (Wildman–Crippen MR) is 83.1 cm³/mol. The maximum atomic E-state index is 6.51. The smallest absolute Gasteiger partial charge is 0.0334 e. The molecule has 2 rings (SSSR count). The predicted octanol–water partition coefficient (Wildman–Crippen LogP) is 4.67. The first-order valence-corrected chi connectivity index (χ1v) is 7.35. The molecule has 1 aromatic rings. The van der Waals surface area contributed by atoms with E-state index < -0.39 is 0 Å². The van der Waals surface area contributed by atoms with Gasteiger partial charge < -0.3 is 5.73 Å². The Bertz CT molecular complexity index is 445. The summed E-state index contributed by atoms with van der Waals surface area (Å²) in [5, 5.41) is 0. The first-order valence-electron chi connectivity index (χ1n) is 7.35. The highest BCUT2D eigenvalue weighted by Gasteiger charge is 2.66. The molecule has 2 N–H and O–H groups in total. The largest absolute Gasteiger partial charge is 0.324 e. The van der Waals surface area contributed by atoms with Crippen molar-refractivity contribution in [1.82, 2.24) is 0 Å². The molecular formula is C18H29N. The molecule has 19 heavy (non-hydrogen) atoms. The molecule has 106 valence electrons. The molecule has 0 saturated heterocycles. The minimum Gasteiger partial charge on any atom is -0.324 e. The molecule has 1 unspecified atom stereocenters. The van der Waals surface area contributed by atoms with Gasteiger partial charge in [-0.15, -0.1) is 0 Å². The van der Waals surface area contributed by atoms with Crippen LogP contribution in [-0.4, -0.2) is 0 Å². The van der Waals surface area contributed by atoms with E-state index in [2.05, 4.69) is 72.7 Å². The molecule has 1 saturated carbocycles. The average molecular weight is 259 g/mol. The lowest BCUT2D eigenvalue weighted by molar-refractivity contribution is 0.457. The van der Waals surface area contributed by atoms with Crippen molar-refractivity contribution in [3.05, 3.63) is 35.4 Å². The fourth-order valence-corrected chi connectivity index (χ4v) is 3.54. The van der Waals surface area contributed by atoms with Crippen LogP contribution in [0, 0.1) is 16.7 Å². The fraction of sp³-hybridized carbons (Fsp3) is 0.667. The van der Waals surface area contributed by atoms with Crippen molar-refractivity contribution >= 4 is 0 Å². The van der Waals surface area contributed by atoms with E-state index in [9.17, 15) is 0 Å². The Hall–Kier alpha value is -0.820. The summed E-state index contributed by atoms with van der Waals surface area (Å²) in [7, 11) is 0. The number of rotatable bonds is 2. The van der Waals surface area contributed by atoms with Crippen molar-refractivity contribution in [3.63, 3.8) is 0 Å². The van der Waals surface area contributed by atoms with Crippen LogP contribution < -0.4 is 5.73 Å². The van der Waals surface area contributed by atoms with Crippen LogP contribution in [0.1, 0.15) is 65.6 Å². The first kappa shape index (κ1) is 14.6. The van der Waals surface area contributed by atoms with Crippen molar-refractivity contribution in [2.75, 3.05) is 0 Å². The summed E-state index contributed by atoms with van der Waals surface area (Å²) in [5.41, 5.74) is 10.1. The van der Waals surface area contributed by atoms with Crippen molar-refractivity contribution in [3.8, 4) is 0 Å². The van der Waals surface area contributed by atoms with Gasteiger partial charge in [0.25, 0.3) is 0 Å². The van der Waals surface area contributed by atoms with Crippen LogP contribution in [-0.2, 0) is 5.41 Å². The molecule has 1 heteroatoms. The Morgan fingerprint density at radius 1 is 0.947 bits per heavy atom. The summed E-state index contributed by atoms with van der Waals surface area (Å²) in [6, 6.07) is 9.06. The van der Waals surface area contributed by atoms with Crippen molar-refractivity contribution in [1.29, 1.82) is 0 Å². The van der Waals surface area contributed by atoms with Gasteiger partial charge in [-0.25, -0.2) is 0 Å². The lowest BCUT2D eigenvalue weighted by Crippen LogP contribution is -2.17. The molecule has 1 aliphatic carbocycles. The summed E-state index contributed by atoms with van der Waals surface area (Å²) in [6.45, 7) is 16.1. The van der Waals surface area contributed by atoms with Crippen LogP contribution in [0.25, 0.3) is 0 Å². The number of benzene rings is 1. The molecule has 1 nitrogen and oxygen atoms in total. The van der Waals surface area contributed by atoms with Crippen LogP contribution in [0.5, 0.6) is 0 Å². The zero-order valence-corrected chi connectivity index (χ0v) is 13.5. The van der Waals surface area contributed by atoms with E-state index in [1.54, 1.807) is 0 Å².